The molecule has 1 N–H and O–H groups in total. The molecule has 0 aliphatic rings. The highest BCUT2D eigenvalue weighted by Crippen LogP contribution is 2.31. The maximum Gasteiger partial charge on any atom is 0.161 e. The third kappa shape index (κ3) is 3.73. The van der Waals surface area contributed by atoms with E-state index in [2.05, 4.69) is 0 Å². The minimum absolute atomic E-state index is 0.255. The van der Waals surface area contributed by atoms with Gasteiger partial charge in [0.25, 0.3) is 0 Å². The summed E-state index contributed by atoms with van der Waals surface area (Å²) < 4.78 is 24.1. The lowest BCUT2D eigenvalue weighted by molar-refractivity contribution is 0.198. The van der Waals surface area contributed by atoms with E-state index in [1.165, 1.54) is 12.1 Å². The summed E-state index contributed by atoms with van der Waals surface area (Å²) in [5.74, 6) is 0.897. The SMILES string of the molecule is COc1cc([C@@H](C)O)ccc1OCc1ccc(F)cc1C. The lowest BCUT2D eigenvalue weighted by Gasteiger charge is -2.14. The summed E-state index contributed by atoms with van der Waals surface area (Å²) >= 11 is 0. The molecule has 0 spiro atoms. The van der Waals surface area contributed by atoms with Gasteiger partial charge in [-0.3, -0.25) is 0 Å². The molecule has 1 atom stereocenters. The Labute approximate surface area is 124 Å². The van der Waals surface area contributed by atoms with E-state index in [-0.39, 0.29) is 5.82 Å². The van der Waals surface area contributed by atoms with Crippen molar-refractivity contribution in [3.8, 4) is 11.5 Å². The van der Waals surface area contributed by atoms with Crippen LogP contribution in [-0.2, 0) is 6.61 Å². The van der Waals surface area contributed by atoms with E-state index >= 15 is 0 Å². The molecular formula is C17H19FO3. The lowest BCUT2D eigenvalue weighted by Crippen LogP contribution is -2.01. The summed E-state index contributed by atoms with van der Waals surface area (Å²) in [5.41, 5.74) is 2.52. The molecule has 0 aromatic heterocycles. The van der Waals surface area contributed by atoms with Crippen molar-refractivity contribution in [2.24, 2.45) is 0 Å². The Kier molecular flexibility index (Phi) is 4.81. The molecule has 2 aromatic carbocycles. The van der Waals surface area contributed by atoms with Crippen LogP contribution in [-0.4, -0.2) is 12.2 Å². The maximum atomic E-state index is 13.1. The predicted molar refractivity (Wildman–Crippen MR) is 79.1 cm³/mol. The van der Waals surface area contributed by atoms with Crippen LogP contribution in [0.15, 0.2) is 36.4 Å². The fourth-order valence-electron chi connectivity index (χ4n) is 2.04. The zero-order chi connectivity index (χ0) is 15.4. The first-order chi connectivity index (χ1) is 10.0. The van der Waals surface area contributed by atoms with Crippen LogP contribution in [0.3, 0.4) is 0 Å². The number of rotatable bonds is 5. The lowest BCUT2D eigenvalue weighted by atomic mass is 10.1. The summed E-state index contributed by atoms with van der Waals surface area (Å²) in [6.45, 7) is 3.86. The Balaban J connectivity index is 2.16. The minimum atomic E-state index is -0.563. The van der Waals surface area contributed by atoms with Crippen molar-refractivity contribution in [1.82, 2.24) is 0 Å². The zero-order valence-corrected chi connectivity index (χ0v) is 12.4. The second-order valence-corrected chi connectivity index (χ2v) is 4.95. The first-order valence-electron chi connectivity index (χ1n) is 6.75. The highest BCUT2D eigenvalue weighted by molar-refractivity contribution is 5.43. The fourth-order valence-corrected chi connectivity index (χ4v) is 2.04. The van der Waals surface area contributed by atoms with Crippen LogP contribution < -0.4 is 9.47 Å². The summed E-state index contributed by atoms with van der Waals surface area (Å²) in [6, 6.07) is 9.91. The van der Waals surface area contributed by atoms with Gasteiger partial charge in [0.15, 0.2) is 11.5 Å². The number of aryl methyl sites for hydroxylation is 1. The summed E-state index contributed by atoms with van der Waals surface area (Å²) in [5, 5.41) is 9.57. The third-order valence-corrected chi connectivity index (χ3v) is 3.36. The molecule has 0 saturated carbocycles. The van der Waals surface area contributed by atoms with Crippen molar-refractivity contribution >= 4 is 0 Å². The molecular weight excluding hydrogens is 271 g/mol. The average Bonchev–Trinajstić information content (AvgIpc) is 2.46. The van der Waals surface area contributed by atoms with Crippen molar-refractivity contribution in [2.45, 2.75) is 26.6 Å². The number of benzene rings is 2. The van der Waals surface area contributed by atoms with Gasteiger partial charge in [0, 0.05) is 0 Å². The van der Waals surface area contributed by atoms with Crippen molar-refractivity contribution < 1.29 is 19.0 Å². The van der Waals surface area contributed by atoms with Gasteiger partial charge in [-0.1, -0.05) is 12.1 Å². The smallest absolute Gasteiger partial charge is 0.161 e. The monoisotopic (exact) mass is 290 g/mol. The molecule has 0 saturated heterocycles. The number of hydrogen-bond donors (Lipinski definition) is 1. The Hall–Kier alpha value is -2.07. The number of ether oxygens (including phenoxy) is 2. The number of halogens is 1. The average molecular weight is 290 g/mol. The van der Waals surface area contributed by atoms with E-state index in [4.69, 9.17) is 9.47 Å². The number of aliphatic hydroxyl groups excluding tert-OH is 1. The van der Waals surface area contributed by atoms with Gasteiger partial charge >= 0.3 is 0 Å². The number of aliphatic hydroxyl groups is 1. The molecule has 4 heteroatoms. The molecule has 0 aliphatic heterocycles. The van der Waals surface area contributed by atoms with Gasteiger partial charge in [0.2, 0.25) is 0 Å². The Morgan fingerprint density at radius 3 is 2.52 bits per heavy atom. The van der Waals surface area contributed by atoms with E-state index < -0.39 is 6.10 Å². The molecule has 2 aromatic rings. The second-order valence-electron chi connectivity index (χ2n) is 4.95. The molecule has 0 radical (unpaired) electrons. The Morgan fingerprint density at radius 2 is 1.90 bits per heavy atom. The van der Waals surface area contributed by atoms with Gasteiger partial charge in [-0.2, -0.15) is 0 Å². The Bertz CT molecular complexity index is 623. The van der Waals surface area contributed by atoms with E-state index in [9.17, 15) is 9.50 Å². The molecule has 0 unspecified atom stereocenters. The van der Waals surface area contributed by atoms with Crippen LogP contribution in [0.1, 0.15) is 29.7 Å². The fraction of sp³-hybridized carbons (Fsp3) is 0.294. The molecule has 112 valence electrons. The topological polar surface area (TPSA) is 38.7 Å². The molecule has 0 heterocycles. The Morgan fingerprint density at radius 1 is 1.14 bits per heavy atom. The highest BCUT2D eigenvalue weighted by atomic mass is 19.1. The summed E-state index contributed by atoms with van der Waals surface area (Å²) in [7, 11) is 1.55. The highest BCUT2D eigenvalue weighted by Gasteiger charge is 2.09. The van der Waals surface area contributed by atoms with E-state index in [1.807, 2.05) is 6.92 Å². The molecule has 0 aliphatic carbocycles. The van der Waals surface area contributed by atoms with Crippen LogP contribution in [0.4, 0.5) is 4.39 Å². The third-order valence-electron chi connectivity index (χ3n) is 3.36. The van der Waals surface area contributed by atoms with Crippen LogP contribution in [0.5, 0.6) is 11.5 Å². The largest absolute Gasteiger partial charge is 0.493 e. The van der Waals surface area contributed by atoms with E-state index in [0.29, 0.717) is 18.1 Å². The van der Waals surface area contributed by atoms with Crippen LogP contribution in [0.2, 0.25) is 0 Å². The van der Waals surface area contributed by atoms with Crippen molar-refractivity contribution in [1.29, 1.82) is 0 Å². The van der Waals surface area contributed by atoms with Gasteiger partial charge in [0.1, 0.15) is 12.4 Å². The van der Waals surface area contributed by atoms with E-state index in [1.54, 1.807) is 38.3 Å². The number of hydrogen-bond acceptors (Lipinski definition) is 3. The van der Waals surface area contributed by atoms with Crippen molar-refractivity contribution in [2.75, 3.05) is 7.11 Å². The van der Waals surface area contributed by atoms with Crippen molar-refractivity contribution in [3.05, 3.63) is 58.9 Å². The number of methoxy groups -OCH3 is 1. The first-order valence-corrected chi connectivity index (χ1v) is 6.75. The molecule has 0 fully saturated rings. The van der Waals surface area contributed by atoms with Gasteiger partial charge in [0.05, 0.1) is 13.2 Å². The quantitative estimate of drug-likeness (QED) is 0.911. The van der Waals surface area contributed by atoms with Crippen LogP contribution in [0.25, 0.3) is 0 Å². The molecule has 2 rings (SSSR count). The molecule has 0 amide bonds. The zero-order valence-electron chi connectivity index (χ0n) is 12.4. The van der Waals surface area contributed by atoms with Gasteiger partial charge in [-0.25, -0.2) is 4.39 Å². The molecule has 3 nitrogen and oxygen atoms in total. The van der Waals surface area contributed by atoms with Gasteiger partial charge < -0.3 is 14.6 Å². The van der Waals surface area contributed by atoms with Crippen molar-refractivity contribution in [3.63, 3.8) is 0 Å². The van der Waals surface area contributed by atoms with Gasteiger partial charge in [-0.15, -0.1) is 0 Å². The summed E-state index contributed by atoms with van der Waals surface area (Å²) in [6.07, 6.45) is -0.563. The van der Waals surface area contributed by atoms with Crippen LogP contribution in [0, 0.1) is 12.7 Å². The molecule has 0 bridgehead atoms. The van der Waals surface area contributed by atoms with Gasteiger partial charge in [-0.05, 0) is 54.8 Å². The second kappa shape index (κ2) is 6.59. The standard InChI is InChI=1S/C17H19FO3/c1-11-8-15(18)6-4-14(11)10-21-16-7-5-13(12(2)19)9-17(16)20-3/h4-9,12,19H,10H2,1-3H3/t12-/m1/s1. The first kappa shape index (κ1) is 15.3. The normalized spacial score (nSPS) is 12.0. The predicted octanol–water partition coefficient (Wildman–Crippen LogP) is 3.78. The molecule has 21 heavy (non-hydrogen) atoms. The minimum Gasteiger partial charge on any atom is -0.493 e. The summed E-state index contributed by atoms with van der Waals surface area (Å²) in [4.78, 5) is 0. The van der Waals surface area contributed by atoms with Crippen LogP contribution >= 0.6 is 0 Å². The maximum absolute atomic E-state index is 13.1. The van der Waals surface area contributed by atoms with E-state index in [0.717, 1.165) is 16.7 Å².